The molecule has 0 radical (unpaired) electrons. The number of carboxylic acid groups (broad SMARTS) is 1. The summed E-state index contributed by atoms with van der Waals surface area (Å²) in [5.41, 5.74) is 4.79. The molecule has 20 heavy (non-hydrogen) atoms. The van der Waals surface area contributed by atoms with Crippen molar-refractivity contribution in [2.24, 2.45) is 0 Å². The van der Waals surface area contributed by atoms with Gasteiger partial charge < -0.3 is 5.11 Å². The second kappa shape index (κ2) is 5.91. The number of carboxylic acids is 1. The molecule has 2 heteroatoms. The van der Waals surface area contributed by atoms with Gasteiger partial charge in [-0.3, -0.25) is 0 Å². The van der Waals surface area contributed by atoms with Gasteiger partial charge >= 0.3 is 5.97 Å². The Labute approximate surface area is 120 Å². The third-order valence-electron chi connectivity index (χ3n) is 3.63. The molecule has 0 aliphatic carbocycles. The highest BCUT2D eigenvalue weighted by Gasteiger charge is 2.10. The molecule has 0 heterocycles. The molecule has 0 fully saturated rings. The number of hydrogen-bond acceptors (Lipinski definition) is 1. The Kier molecular flexibility index (Phi) is 4.23. The molecule has 0 bridgehead atoms. The highest BCUT2D eigenvalue weighted by atomic mass is 16.4. The zero-order valence-electron chi connectivity index (χ0n) is 12.2. The van der Waals surface area contributed by atoms with Crippen LogP contribution in [-0.2, 0) is 6.42 Å². The maximum atomic E-state index is 11.1. The lowest BCUT2D eigenvalue weighted by Gasteiger charge is -2.10. The Hall–Kier alpha value is -2.09. The van der Waals surface area contributed by atoms with Gasteiger partial charge in [-0.25, -0.2) is 4.79 Å². The van der Waals surface area contributed by atoms with E-state index < -0.39 is 5.97 Å². The van der Waals surface area contributed by atoms with Crippen molar-refractivity contribution in [2.45, 2.75) is 33.1 Å². The summed E-state index contributed by atoms with van der Waals surface area (Å²) >= 11 is 0. The van der Waals surface area contributed by atoms with E-state index in [1.807, 2.05) is 19.1 Å². The van der Waals surface area contributed by atoms with E-state index in [0.717, 1.165) is 23.1 Å². The van der Waals surface area contributed by atoms with Crippen molar-refractivity contribution >= 4 is 5.97 Å². The van der Waals surface area contributed by atoms with Crippen LogP contribution in [0.15, 0.2) is 42.5 Å². The SMILES string of the molecule is CCc1cc(-c2ccc(C(C)C)cc2)ccc1C(=O)O. The average Bonchev–Trinajstić information content (AvgIpc) is 2.46. The number of aromatic carboxylic acids is 1. The summed E-state index contributed by atoms with van der Waals surface area (Å²) in [5, 5.41) is 9.16. The fourth-order valence-electron chi connectivity index (χ4n) is 2.33. The van der Waals surface area contributed by atoms with Crippen LogP contribution in [0.2, 0.25) is 0 Å². The van der Waals surface area contributed by atoms with Crippen molar-refractivity contribution in [3.8, 4) is 11.1 Å². The zero-order chi connectivity index (χ0) is 14.7. The van der Waals surface area contributed by atoms with Crippen LogP contribution in [0.4, 0.5) is 0 Å². The minimum atomic E-state index is -0.858. The van der Waals surface area contributed by atoms with Gasteiger partial charge in [0.05, 0.1) is 5.56 Å². The van der Waals surface area contributed by atoms with Gasteiger partial charge in [0.15, 0.2) is 0 Å². The first kappa shape index (κ1) is 14.3. The first-order chi connectivity index (χ1) is 9.52. The van der Waals surface area contributed by atoms with E-state index in [-0.39, 0.29) is 0 Å². The van der Waals surface area contributed by atoms with Gasteiger partial charge in [-0.05, 0) is 40.7 Å². The van der Waals surface area contributed by atoms with Crippen molar-refractivity contribution in [3.05, 3.63) is 59.2 Å². The monoisotopic (exact) mass is 268 g/mol. The molecular weight excluding hydrogens is 248 g/mol. The van der Waals surface area contributed by atoms with Crippen molar-refractivity contribution in [3.63, 3.8) is 0 Å². The first-order valence-electron chi connectivity index (χ1n) is 6.99. The van der Waals surface area contributed by atoms with Gasteiger partial charge in [0.25, 0.3) is 0 Å². The Morgan fingerprint density at radius 2 is 1.65 bits per heavy atom. The minimum Gasteiger partial charge on any atom is -0.478 e. The molecule has 0 aromatic heterocycles. The molecule has 2 aromatic rings. The maximum absolute atomic E-state index is 11.1. The second-order valence-corrected chi connectivity index (χ2v) is 5.31. The lowest BCUT2D eigenvalue weighted by atomic mass is 9.95. The average molecular weight is 268 g/mol. The van der Waals surface area contributed by atoms with E-state index in [1.54, 1.807) is 6.07 Å². The third kappa shape index (κ3) is 2.90. The molecule has 2 aromatic carbocycles. The Morgan fingerprint density at radius 3 is 2.15 bits per heavy atom. The van der Waals surface area contributed by atoms with Crippen molar-refractivity contribution < 1.29 is 9.90 Å². The molecule has 0 saturated carbocycles. The third-order valence-corrected chi connectivity index (χ3v) is 3.63. The topological polar surface area (TPSA) is 37.3 Å². The van der Waals surface area contributed by atoms with Crippen LogP contribution in [0.5, 0.6) is 0 Å². The predicted octanol–water partition coefficient (Wildman–Crippen LogP) is 4.74. The fourth-order valence-corrected chi connectivity index (χ4v) is 2.33. The summed E-state index contributed by atoms with van der Waals surface area (Å²) in [5.74, 6) is -0.340. The summed E-state index contributed by atoms with van der Waals surface area (Å²) < 4.78 is 0. The summed E-state index contributed by atoms with van der Waals surface area (Å²) in [4.78, 5) is 11.1. The molecular formula is C18H20O2. The normalized spacial score (nSPS) is 10.8. The molecule has 0 aliphatic rings. The number of rotatable bonds is 4. The molecule has 0 aliphatic heterocycles. The van der Waals surface area contributed by atoms with Crippen LogP contribution in [0, 0.1) is 0 Å². The molecule has 2 nitrogen and oxygen atoms in total. The maximum Gasteiger partial charge on any atom is 0.335 e. The van der Waals surface area contributed by atoms with Crippen molar-refractivity contribution in [1.82, 2.24) is 0 Å². The number of hydrogen-bond donors (Lipinski definition) is 1. The molecule has 0 unspecified atom stereocenters. The fraction of sp³-hybridized carbons (Fsp3) is 0.278. The summed E-state index contributed by atoms with van der Waals surface area (Å²) in [6.07, 6.45) is 0.722. The van der Waals surface area contributed by atoms with Gasteiger partial charge in [0.2, 0.25) is 0 Å². The van der Waals surface area contributed by atoms with Crippen LogP contribution in [0.3, 0.4) is 0 Å². The standard InChI is InChI=1S/C18H20O2/c1-4-13-11-16(9-10-17(13)18(19)20)15-7-5-14(6-8-15)12(2)3/h5-12H,4H2,1-3H3,(H,19,20). The predicted molar refractivity (Wildman–Crippen MR) is 82.3 cm³/mol. The van der Waals surface area contributed by atoms with Gasteiger partial charge in [0, 0.05) is 0 Å². The Morgan fingerprint density at radius 1 is 1.05 bits per heavy atom. The molecule has 104 valence electrons. The zero-order valence-corrected chi connectivity index (χ0v) is 12.2. The largest absolute Gasteiger partial charge is 0.478 e. The van der Waals surface area contributed by atoms with Gasteiger partial charge in [-0.15, -0.1) is 0 Å². The van der Waals surface area contributed by atoms with E-state index >= 15 is 0 Å². The lowest BCUT2D eigenvalue weighted by molar-refractivity contribution is 0.0696. The molecule has 0 saturated heterocycles. The van der Waals surface area contributed by atoms with Crippen molar-refractivity contribution in [1.29, 1.82) is 0 Å². The van der Waals surface area contributed by atoms with Gasteiger partial charge in [-0.1, -0.05) is 57.2 Å². The highest BCUT2D eigenvalue weighted by Crippen LogP contribution is 2.25. The summed E-state index contributed by atoms with van der Waals surface area (Å²) in [6.45, 7) is 6.32. The Balaban J connectivity index is 2.40. The van der Waals surface area contributed by atoms with Crippen LogP contribution in [-0.4, -0.2) is 11.1 Å². The quantitative estimate of drug-likeness (QED) is 0.869. The van der Waals surface area contributed by atoms with E-state index in [0.29, 0.717) is 11.5 Å². The van der Waals surface area contributed by atoms with E-state index in [2.05, 4.69) is 38.1 Å². The number of aryl methyl sites for hydroxylation is 1. The Bertz CT molecular complexity index is 610. The molecule has 2 rings (SSSR count). The van der Waals surface area contributed by atoms with Crippen LogP contribution < -0.4 is 0 Å². The summed E-state index contributed by atoms with van der Waals surface area (Å²) in [6, 6.07) is 14.0. The van der Waals surface area contributed by atoms with Crippen LogP contribution in [0.1, 0.15) is 48.2 Å². The molecule has 1 N–H and O–H groups in total. The molecule has 0 spiro atoms. The molecule has 0 amide bonds. The molecule has 0 atom stereocenters. The van der Waals surface area contributed by atoms with Gasteiger partial charge in [0.1, 0.15) is 0 Å². The number of benzene rings is 2. The first-order valence-corrected chi connectivity index (χ1v) is 6.99. The van der Waals surface area contributed by atoms with E-state index in [1.165, 1.54) is 5.56 Å². The smallest absolute Gasteiger partial charge is 0.335 e. The van der Waals surface area contributed by atoms with Crippen LogP contribution in [0.25, 0.3) is 11.1 Å². The van der Waals surface area contributed by atoms with Crippen molar-refractivity contribution in [2.75, 3.05) is 0 Å². The van der Waals surface area contributed by atoms with E-state index in [4.69, 9.17) is 5.11 Å². The number of carbonyl (C=O) groups is 1. The lowest BCUT2D eigenvalue weighted by Crippen LogP contribution is -2.01. The minimum absolute atomic E-state index is 0.398. The van der Waals surface area contributed by atoms with Crippen LogP contribution >= 0.6 is 0 Å². The highest BCUT2D eigenvalue weighted by molar-refractivity contribution is 5.90. The summed E-state index contributed by atoms with van der Waals surface area (Å²) in [7, 11) is 0. The van der Waals surface area contributed by atoms with E-state index in [9.17, 15) is 4.79 Å². The second-order valence-electron chi connectivity index (χ2n) is 5.31. The van der Waals surface area contributed by atoms with Gasteiger partial charge in [-0.2, -0.15) is 0 Å².